The highest BCUT2D eigenvalue weighted by Gasteiger charge is 2.07. The topological polar surface area (TPSA) is 49.4 Å². The van der Waals surface area contributed by atoms with Crippen LogP contribution in [0.1, 0.15) is 5.56 Å². The molecule has 0 aliphatic rings. The van der Waals surface area contributed by atoms with Crippen LogP contribution in [0.4, 0.5) is 0 Å². The molecule has 1 N–H and O–H groups in total. The molecule has 0 atom stereocenters. The number of nitrogens with zero attached hydrogens (tertiary/aromatic N) is 1. The second kappa shape index (κ2) is 8.07. The van der Waals surface area contributed by atoms with E-state index >= 15 is 0 Å². The van der Waals surface area contributed by atoms with E-state index in [2.05, 4.69) is 5.32 Å². The number of likely N-dealkylation sites (N-methyl/N-ethyl adjacent to an activating group) is 1. The van der Waals surface area contributed by atoms with Crippen molar-refractivity contribution in [2.24, 2.45) is 0 Å². The van der Waals surface area contributed by atoms with Crippen molar-refractivity contribution in [3.8, 4) is 0 Å². The zero-order valence-corrected chi connectivity index (χ0v) is 12.6. The second-order valence-corrected chi connectivity index (χ2v) is 5.61. The molecule has 0 bridgehead atoms. The molecule has 0 saturated heterocycles. The van der Waals surface area contributed by atoms with E-state index in [1.807, 2.05) is 24.3 Å². The van der Waals surface area contributed by atoms with E-state index in [4.69, 9.17) is 11.6 Å². The minimum absolute atomic E-state index is 0.0452. The van der Waals surface area contributed by atoms with Crippen LogP contribution in [0.3, 0.4) is 0 Å². The molecule has 104 valence electrons. The first-order valence-corrected chi connectivity index (χ1v) is 7.31. The first kappa shape index (κ1) is 15.9. The molecule has 6 heteroatoms. The Bertz CT molecular complexity index is 452. The molecule has 0 fully saturated rings. The average molecular weight is 301 g/mol. The second-order valence-electron chi connectivity index (χ2n) is 4.19. The Morgan fingerprint density at radius 2 is 2.11 bits per heavy atom. The number of thioether (sulfide) groups is 1. The van der Waals surface area contributed by atoms with E-state index in [-0.39, 0.29) is 18.4 Å². The van der Waals surface area contributed by atoms with Gasteiger partial charge in [0.25, 0.3) is 0 Å². The third kappa shape index (κ3) is 6.50. The average Bonchev–Trinajstić information content (AvgIpc) is 2.36. The smallest absolute Gasteiger partial charge is 0.241 e. The normalized spacial score (nSPS) is 10.1. The van der Waals surface area contributed by atoms with Gasteiger partial charge in [-0.15, -0.1) is 11.8 Å². The van der Waals surface area contributed by atoms with Crippen LogP contribution in [0, 0.1) is 0 Å². The van der Waals surface area contributed by atoms with Crippen molar-refractivity contribution in [3.63, 3.8) is 0 Å². The molecule has 0 saturated carbocycles. The Balaban J connectivity index is 2.22. The lowest BCUT2D eigenvalue weighted by atomic mass is 10.2. The van der Waals surface area contributed by atoms with Crippen LogP contribution in [-0.2, 0) is 15.3 Å². The van der Waals surface area contributed by atoms with Crippen LogP contribution < -0.4 is 5.32 Å². The summed E-state index contributed by atoms with van der Waals surface area (Å²) >= 11 is 7.36. The van der Waals surface area contributed by atoms with Gasteiger partial charge < -0.3 is 10.2 Å². The highest BCUT2D eigenvalue weighted by molar-refractivity contribution is 7.99. The molecule has 1 aromatic carbocycles. The molecule has 4 nitrogen and oxygen atoms in total. The molecule has 0 aromatic heterocycles. The molecular weight excluding hydrogens is 284 g/mol. The third-order valence-electron chi connectivity index (χ3n) is 2.33. The molecule has 2 amide bonds. The maximum Gasteiger partial charge on any atom is 0.241 e. The summed E-state index contributed by atoms with van der Waals surface area (Å²) < 4.78 is 0. The van der Waals surface area contributed by atoms with Crippen LogP contribution in [0.2, 0.25) is 5.02 Å². The van der Waals surface area contributed by atoms with Crippen molar-refractivity contribution in [2.45, 2.75) is 5.75 Å². The predicted octanol–water partition coefficient (Wildman–Crippen LogP) is 1.78. The van der Waals surface area contributed by atoms with Gasteiger partial charge in [-0.2, -0.15) is 0 Å². The lowest BCUT2D eigenvalue weighted by Crippen LogP contribution is -2.36. The number of benzene rings is 1. The molecule has 0 radical (unpaired) electrons. The van der Waals surface area contributed by atoms with E-state index < -0.39 is 0 Å². The number of nitrogens with one attached hydrogen (secondary N) is 1. The van der Waals surface area contributed by atoms with E-state index in [0.29, 0.717) is 10.8 Å². The maximum atomic E-state index is 11.5. The van der Waals surface area contributed by atoms with Gasteiger partial charge in [-0.1, -0.05) is 23.7 Å². The van der Waals surface area contributed by atoms with E-state index in [1.165, 1.54) is 16.7 Å². The van der Waals surface area contributed by atoms with Crippen LogP contribution in [0.25, 0.3) is 0 Å². The van der Waals surface area contributed by atoms with Gasteiger partial charge in [-0.25, -0.2) is 0 Å². The lowest BCUT2D eigenvalue weighted by molar-refractivity contribution is -0.130. The number of hydrogen-bond donors (Lipinski definition) is 1. The summed E-state index contributed by atoms with van der Waals surface area (Å²) in [4.78, 5) is 24.2. The zero-order chi connectivity index (χ0) is 14.3. The van der Waals surface area contributed by atoms with Crippen molar-refractivity contribution in [1.82, 2.24) is 10.2 Å². The van der Waals surface area contributed by atoms with Crippen molar-refractivity contribution >= 4 is 35.2 Å². The minimum Gasteiger partial charge on any atom is -0.347 e. The molecule has 19 heavy (non-hydrogen) atoms. The fraction of sp³-hybridized carbons (Fsp3) is 0.385. The fourth-order valence-corrected chi connectivity index (χ4v) is 2.29. The number of carbonyl (C=O) groups is 2. The van der Waals surface area contributed by atoms with Crippen molar-refractivity contribution in [2.75, 3.05) is 26.4 Å². The summed E-state index contributed by atoms with van der Waals surface area (Å²) in [5.41, 5.74) is 1.08. The third-order valence-corrected chi connectivity index (χ3v) is 3.57. The fourth-order valence-electron chi connectivity index (χ4n) is 1.27. The van der Waals surface area contributed by atoms with Crippen molar-refractivity contribution in [1.29, 1.82) is 0 Å². The van der Waals surface area contributed by atoms with Crippen molar-refractivity contribution < 1.29 is 9.59 Å². The van der Waals surface area contributed by atoms with Gasteiger partial charge in [-0.05, 0) is 17.7 Å². The molecule has 1 rings (SSSR count). The highest BCUT2D eigenvalue weighted by Crippen LogP contribution is 2.16. The largest absolute Gasteiger partial charge is 0.347 e. The standard InChI is InChI=1S/C13H17ClN2O2S/c1-16(2)13(18)7-15-12(17)9-19-8-10-4-3-5-11(14)6-10/h3-6H,7-9H2,1-2H3,(H,15,17). The highest BCUT2D eigenvalue weighted by atomic mass is 35.5. The van der Waals surface area contributed by atoms with Crippen LogP contribution >= 0.6 is 23.4 Å². The molecule has 0 unspecified atom stereocenters. The van der Waals surface area contributed by atoms with Gasteiger partial charge in [0.15, 0.2) is 0 Å². The maximum absolute atomic E-state index is 11.5. The summed E-state index contributed by atoms with van der Waals surface area (Å²) in [5.74, 6) is 0.790. The summed E-state index contributed by atoms with van der Waals surface area (Å²) in [6.07, 6.45) is 0. The number of amides is 2. The first-order chi connectivity index (χ1) is 8.99. The predicted molar refractivity (Wildman–Crippen MR) is 79.3 cm³/mol. The molecule has 0 spiro atoms. The van der Waals surface area contributed by atoms with Gasteiger partial charge in [0, 0.05) is 24.9 Å². The number of carbonyl (C=O) groups excluding carboxylic acids is 2. The Morgan fingerprint density at radius 3 is 2.74 bits per heavy atom. The SMILES string of the molecule is CN(C)C(=O)CNC(=O)CSCc1cccc(Cl)c1. The number of halogens is 1. The molecule has 0 heterocycles. The molecule has 1 aromatic rings. The van der Waals surface area contributed by atoms with E-state index in [1.54, 1.807) is 14.1 Å². The summed E-state index contributed by atoms with van der Waals surface area (Å²) in [6.45, 7) is 0.0452. The van der Waals surface area contributed by atoms with Crippen LogP contribution in [0.5, 0.6) is 0 Å². The van der Waals surface area contributed by atoms with E-state index in [0.717, 1.165) is 11.3 Å². The molecule has 0 aliphatic carbocycles. The Labute approximate surface area is 122 Å². The quantitative estimate of drug-likeness (QED) is 0.871. The molecule has 0 aliphatic heterocycles. The van der Waals surface area contributed by atoms with Gasteiger partial charge in [0.05, 0.1) is 12.3 Å². The zero-order valence-electron chi connectivity index (χ0n) is 11.0. The van der Waals surface area contributed by atoms with Crippen molar-refractivity contribution in [3.05, 3.63) is 34.9 Å². The lowest BCUT2D eigenvalue weighted by Gasteiger charge is -2.10. The van der Waals surface area contributed by atoms with Gasteiger partial charge in [0.1, 0.15) is 0 Å². The Hall–Kier alpha value is -1.20. The minimum atomic E-state index is -0.137. The monoisotopic (exact) mass is 300 g/mol. The van der Waals surface area contributed by atoms with E-state index in [9.17, 15) is 9.59 Å². The first-order valence-electron chi connectivity index (χ1n) is 5.78. The van der Waals surface area contributed by atoms with Gasteiger partial charge in [-0.3, -0.25) is 9.59 Å². The molecular formula is C13H17ClN2O2S. The van der Waals surface area contributed by atoms with Crippen LogP contribution in [-0.4, -0.2) is 43.1 Å². The summed E-state index contributed by atoms with van der Waals surface area (Å²) in [6, 6.07) is 7.54. The van der Waals surface area contributed by atoms with Gasteiger partial charge in [0.2, 0.25) is 11.8 Å². The number of rotatable bonds is 6. The Kier molecular flexibility index (Phi) is 6.73. The summed E-state index contributed by atoms with van der Waals surface area (Å²) in [5, 5.41) is 3.28. The van der Waals surface area contributed by atoms with Gasteiger partial charge >= 0.3 is 0 Å². The Morgan fingerprint density at radius 1 is 1.37 bits per heavy atom. The summed E-state index contributed by atoms with van der Waals surface area (Å²) in [7, 11) is 3.31. The number of hydrogen-bond acceptors (Lipinski definition) is 3. The van der Waals surface area contributed by atoms with Crippen LogP contribution in [0.15, 0.2) is 24.3 Å².